The number of anilines is 1. The van der Waals surface area contributed by atoms with Crippen molar-refractivity contribution in [2.75, 3.05) is 4.72 Å². The number of thiocarbonyl (C=S) groups is 1. The molecule has 0 bridgehead atoms. The number of hydrogen-bond donors (Lipinski definition) is 2. The molecule has 0 radical (unpaired) electrons. The fraction of sp³-hybridized carbons (Fsp3) is 0.300. The Balaban J connectivity index is 3.05. The van der Waals surface area contributed by atoms with E-state index < -0.39 is 15.3 Å². The van der Waals surface area contributed by atoms with Crippen LogP contribution in [0.4, 0.5) is 5.69 Å². The fourth-order valence-electron chi connectivity index (χ4n) is 1.37. The highest BCUT2D eigenvalue weighted by Gasteiger charge is 2.26. The molecule has 0 saturated heterocycles. The third-order valence-corrected chi connectivity index (χ3v) is 5.33. The molecule has 4 nitrogen and oxygen atoms in total. The van der Waals surface area contributed by atoms with E-state index >= 15 is 0 Å². The van der Waals surface area contributed by atoms with Crippen LogP contribution >= 0.6 is 39.7 Å². The minimum absolute atomic E-state index is 0.0572. The van der Waals surface area contributed by atoms with Gasteiger partial charge in [0.15, 0.2) is 0 Å². The minimum atomic E-state index is -3.68. The molecule has 0 fully saturated rings. The van der Waals surface area contributed by atoms with Gasteiger partial charge in [-0.05, 0) is 24.6 Å². The molecule has 0 heterocycles. The molecule has 0 aliphatic heterocycles. The lowest BCUT2D eigenvalue weighted by molar-refractivity contribution is 0.594. The first-order valence-corrected chi connectivity index (χ1v) is 8.16. The molecule has 1 aromatic rings. The zero-order valence-corrected chi connectivity index (χ0v) is 13.5. The van der Waals surface area contributed by atoms with Crippen molar-refractivity contribution in [1.29, 1.82) is 0 Å². The lowest BCUT2D eigenvalue weighted by Gasteiger charge is -2.16. The number of sulfonamides is 1. The van der Waals surface area contributed by atoms with Crippen LogP contribution in [0.3, 0.4) is 0 Å². The zero-order valence-electron chi connectivity index (χ0n) is 9.48. The van der Waals surface area contributed by atoms with Gasteiger partial charge in [-0.15, -0.1) is 0 Å². The number of hydrogen-bond acceptors (Lipinski definition) is 3. The third kappa shape index (κ3) is 3.81. The van der Waals surface area contributed by atoms with E-state index in [0.717, 1.165) is 4.47 Å². The smallest absolute Gasteiger partial charge is 0.242 e. The summed E-state index contributed by atoms with van der Waals surface area (Å²) in [4.78, 5) is -0.0572. The van der Waals surface area contributed by atoms with E-state index in [9.17, 15) is 8.42 Å². The highest BCUT2D eigenvalue weighted by molar-refractivity contribution is 9.10. The summed E-state index contributed by atoms with van der Waals surface area (Å²) in [5.41, 5.74) is 5.72. The normalized spacial score (nSPS) is 13.1. The summed E-state index contributed by atoms with van der Waals surface area (Å²) < 4.78 is 27.3. The third-order valence-electron chi connectivity index (χ3n) is 2.25. The maximum atomic E-state index is 12.1. The van der Waals surface area contributed by atoms with Crippen LogP contribution in [0.1, 0.15) is 13.3 Å². The number of halogens is 2. The minimum Gasteiger partial charge on any atom is -0.392 e. The van der Waals surface area contributed by atoms with Gasteiger partial charge in [0.2, 0.25) is 10.0 Å². The van der Waals surface area contributed by atoms with Gasteiger partial charge >= 0.3 is 0 Å². The van der Waals surface area contributed by atoms with E-state index in [1.165, 1.54) is 0 Å². The monoisotopic (exact) mass is 370 g/mol. The van der Waals surface area contributed by atoms with Crippen molar-refractivity contribution >= 4 is 60.4 Å². The van der Waals surface area contributed by atoms with Gasteiger partial charge in [-0.2, -0.15) is 0 Å². The molecular formula is C10H12BrClN2O2S2. The Kier molecular flexibility index (Phi) is 5.39. The number of benzene rings is 1. The van der Waals surface area contributed by atoms with Gasteiger partial charge in [0, 0.05) is 4.47 Å². The Hall–Kier alpha value is -0.370. The molecule has 0 amide bonds. The van der Waals surface area contributed by atoms with Crippen LogP contribution in [-0.2, 0) is 10.0 Å². The van der Waals surface area contributed by atoms with Gasteiger partial charge in [0.25, 0.3) is 0 Å². The predicted molar refractivity (Wildman–Crippen MR) is 82.6 cm³/mol. The van der Waals surface area contributed by atoms with Crippen LogP contribution in [0.5, 0.6) is 0 Å². The average molecular weight is 372 g/mol. The summed E-state index contributed by atoms with van der Waals surface area (Å²) in [7, 11) is -3.68. The molecule has 1 unspecified atom stereocenters. The Morgan fingerprint density at radius 2 is 2.22 bits per heavy atom. The fourth-order valence-corrected chi connectivity index (χ4v) is 4.07. The standard InChI is InChI=1S/C10H12BrClN2O2S2/c1-2-9(10(13)17)18(15,16)14-8-4-3-6(11)5-7(8)12/h3-5,9,14H,2H2,1H3,(H2,13,17). The van der Waals surface area contributed by atoms with E-state index in [2.05, 4.69) is 20.7 Å². The lowest BCUT2D eigenvalue weighted by atomic mass is 10.3. The second-order valence-electron chi connectivity index (χ2n) is 3.57. The largest absolute Gasteiger partial charge is 0.392 e. The summed E-state index contributed by atoms with van der Waals surface area (Å²) >= 11 is 13.9. The highest BCUT2D eigenvalue weighted by atomic mass is 79.9. The van der Waals surface area contributed by atoms with E-state index in [1.54, 1.807) is 25.1 Å². The summed E-state index contributed by atoms with van der Waals surface area (Å²) in [6.07, 6.45) is 0.304. The number of rotatable bonds is 5. The van der Waals surface area contributed by atoms with Crippen molar-refractivity contribution in [2.24, 2.45) is 5.73 Å². The maximum Gasteiger partial charge on any atom is 0.242 e. The predicted octanol–water partition coefficient (Wildman–Crippen LogP) is 2.91. The number of nitrogens with two attached hydrogens (primary N) is 1. The first-order chi connectivity index (χ1) is 8.27. The van der Waals surface area contributed by atoms with Gasteiger partial charge in [-0.1, -0.05) is 46.7 Å². The molecule has 0 spiro atoms. The topological polar surface area (TPSA) is 72.2 Å². The Morgan fingerprint density at radius 3 is 2.67 bits per heavy atom. The van der Waals surface area contributed by atoms with Gasteiger partial charge in [-0.3, -0.25) is 4.72 Å². The van der Waals surface area contributed by atoms with Crippen molar-refractivity contribution in [2.45, 2.75) is 18.6 Å². The zero-order chi connectivity index (χ0) is 13.9. The van der Waals surface area contributed by atoms with Crippen molar-refractivity contribution in [3.8, 4) is 0 Å². The first kappa shape index (κ1) is 15.7. The molecule has 0 aliphatic carbocycles. The summed E-state index contributed by atoms with van der Waals surface area (Å²) in [6.45, 7) is 1.70. The van der Waals surface area contributed by atoms with Gasteiger partial charge in [0.05, 0.1) is 15.7 Å². The Morgan fingerprint density at radius 1 is 1.61 bits per heavy atom. The summed E-state index contributed by atoms with van der Waals surface area (Å²) in [5, 5.41) is -0.613. The molecule has 3 N–H and O–H groups in total. The Bertz CT molecular complexity index is 563. The SMILES string of the molecule is CCC(C(N)=S)S(=O)(=O)Nc1ccc(Br)cc1Cl. The molecule has 0 aromatic heterocycles. The Labute approximate surface area is 125 Å². The van der Waals surface area contributed by atoms with Gasteiger partial charge in [-0.25, -0.2) is 8.42 Å². The van der Waals surface area contributed by atoms with E-state index in [-0.39, 0.29) is 4.99 Å². The van der Waals surface area contributed by atoms with Crippen LogP contribution in [0.2, 0.25) is 5.02 Å². The van der Waals surface area contributed by atoms with Crippen molar-refractivity contribution in [3.63, 3.8) is 0 Å². The molecule has 1 atom stereocenters. The van der Waals surface area contributed by atoms with Crippen LogP contribution < -0.4 is 10.5 Å². The molecule has 0 aliphatic rings. The quantitative estimate of drug-likeness (QED) is 0.781. The summed E-state index contributed by atoms with van der Waals surface area (Å²) in [5.74, 6) is 0. The molecule has 100 valence electrons. The van der Waals surface area contributed by atoms with E-state index in [0.29, 0.717) is 17.1 Å². The highest BCUT2D eigenvalue weighted by Crippen LogP contribution is 2.27. The van der Waals surface area contributed by atoms with E-state index in [1.807, 2.05) is 0 Å². The average Bonchev–Trinajstić information content (AvgIpc) is 2.22. The van der Waals surface area contributed by atoms with Crippen LogP contribution in [-0.4, -0.2) is 18.7 Å². The molecule has 1 aromatic carbocycles. The molecule has 8 heteroatoms. The van der Waals surface area contributed by atoms with Gasteiger partial charge < -0.3 is 5.73 Å². The van der Waals surface area contributed by atoms with E-state index in [4.69, 9.17) is 29.6 Å². The molecule has 1 rings (SSSR count). The van der Waals surface area contributed by atoms with Crippen LogP contribution in [0.25, 0.3) is 0 Å². The molecule has 18 heavy (non-hydrogen) atoms. The van der Waals surface area contributed by atoms with Crippen LogP contribution in [0.15, 0.2) is 22.7 Å². The lowest BCUT2D eigenvalue weighted by Crippen LogP contribution is -2.37. The van der Waals surface area contributed by atoms with Crippen molar-refractivity contribution in [1.82, 2.24) is 0 Å². The van der Waals surface area contributed by atoms with Crippen molar-refractivity contribution in [3.05, 3.63) is 27.7 Å². The van der Waals surface area contributed by atoms with Crippen molar-refractivity contribution < 1.29 is 8.42 Å². The maximum absolute atomic E-state index is 12.1. The summed E-state index contributed by atoms with van der Waals surface area (Å²) in [6, 6.07) is 4.85. The van der Waals surface area contributed by atoms with Gasteiger partial charge in [0.1, 0.15) is 5.25 Å². The van der Waals surface area contributed by atoms with Crippen LogP contribution in [0, 0.1) is 0 Å². The number of nitrogens with one attached hydrogen (secondary N) is 1. The molecular weight excluding hydrogens is 360 g/mol. The first-order valence-electron chi connectivity index (χ1n) is 5.04. The molecule has 0 saturated carbocycles. The second kappa shape index (κ2) is 6.18. The second-order valence-corrected chi connectivity index (χ2v) is 7.23.